The van der Waals surface area contributed by atoms with Crippen LogP contribution in [0.5, 0.6) is 0 Å². The molecule has 1 aliphatic rings. The van der Waals surface area contributed by atoms with Crippen LogP contribution in [0.2, 0.25) is 0 Å². The fourth-order valence-electron chi connectivity index (χ4n) is 2.58. The molecule has 4 heteroatoms. The Kier molecular flexibility index (Phi) is 5.35. The number of amides is 1. The van der Waals surface area contributed by atoms with Crippen molar-refractivity contribution in [2.45, 2.75) is 39.0 Å². The molecule has 1 amide bonds. The van der Waals surface area contributed by atoms with E-state index in [-0.39, 0.29) is 11.8 Å². The van der Waals surface area contributed by atoms with Crippen molar-refractivity contribution in [3.05, 3.63) is 33.8 Å². The molecule has 0 heterocycles. The fourth-order valence-corrected chi connectivity index (χ4v) is 2.98. The van der Waals surface area contributed by atoms with Gasteiger partial charge in [0.2, 0.25) is 5.91 Å². The van der Waals surface area contributed by atoms with Crippen LogP contribution in [-0.2, 0) is 16.0 Å². The van der Waals surface area contributed by atoms with E-state index in [0.29, 0.717) is 38.0 Å². The van der Waals surface area contributed by atoms with Gasteiger partial charge in [0.1, 0.15) is 5.78 Å². The van der Waals surface area contributed by atoms with Gasteiger partial charge in [0.25, 0.3) is 0 Å². The Balaban J connectivity index is 1.79. The zero-order chi connectivity index (χ0) is 14.5. The molecule has 1 aromatic carbocycles. The molecular weight excluding hydrogens is 318 g/mol. The third-order valence-corrected chi connectivity index (χ3v) is 4.41. The summed E-state index contributed by atoms with van der Waals surface area (Å²) in [6.07, 6.45) is 3.37. The summed E-state index contributed by atoms with van der Waals surface area (Å²) < 4.78 is 1.07. The highest BCUT2D eigenvalue weighted by Gasteiger charge is 2.24. The minimum absolute atomic E-state index is 0.0244. The first-order valence-electron chi connectivity index (χ1n) is 7.10. The number of Topliss-reactive ketones (excluding diaryl/α,β-unsaturated/α-hetero) is 1. The van der Waals surface area contributed by atoms with Crippen LogP contribution in [0.15, 0.2) is 22.7 Å². The van der Waals surface area contributed by atoms with Crippen molar-refractivity contribution in [3.63, 3.8) is 0 Å². The van der Waals surface area contributed by atoms with Crippen LogP contribution in [0.3, 0.4) is 0 Å². The van der Waals surface area contributed by atoms with E-state index in [1.54, 1.807) is 0 Å². The average Bonchev–Trinajstić information content (AvgIpc) is 2.43. The summed E-state index contributed by atoms with van der Waals surface area (Å²) in [5, 5.41) is 3.00. The van der Waals surface area contributed by atoms with Gasteiger partial charge in [0.15, 0.2) is 0 Å². The molecule has 0 spiro atoms. The van der Waals surface area contributed by atoms with Crippen molar-refractivity contribution in [2.75, 3.05) is 6.54 Å². The third-order valence-electron chi connectivity index (χ3n) is 3.92. The van der Waals surface area contributed by atoms with Gasteiger partial charge in [0, 0.05) is 29.8 Å². The van der Waals surface area contributed by atoms with E-state index >= 15 is 0 Å². The molecule has 3 nitrogen and oxygen atoms in total. The molecule has 108 valence electrons. The van der Waals surface area contributed by atoms with Crippen molar-refractivity contribution in [3.8, 4) is 0 Å². The van der Waals surface area contributed by atoms with Crippen LogP contribution < -0.4 is 5.32 Å². The zero-order valence-electron chi connectivity index (χ0n) is 11.7. The minimum Gasteiger partial charge on any atom is -0.356 e. The number of carbonyl (C=O) groups is 2. The monoisotopic (exact) mass is 337 g/mol. The summed E-state index contributed by atoms with van der Waals surface area (Å²) >= 11 is 3.47. The predicted molar refractivity (Wildman–Crippen MR) is 82.6 cm³/mol. The second-order valence-electron chi connectivity index (χ2n) is 5.42. The summed E-state index contributed by atoms with van der Waals surface area (Å²) in [7, 11) is 0. The van der Waals surface area contributed by atoms with Gasteiger partial charge in [-0.25, -0.2) is 0 Å². The van der Waals surface area contributed by atoms with E-state index in [4.69, 9.17) is 0 Å². The molecule has 1 aliphatic carbocycles. The molecule has 2 rings (SSSR count). The largest absolute Gasteiger partial charge is 0.356 e. The van der Waals surface area contributed by atoms with Crippen LogP contribution in [0, 0.1) is 12.8 Å². The number of halogens is 1. The van der Waals surface area contributed by atoms with E-state index in [0.717, 1.165) is 10.9 Å². The molecule has 0 unspecified atom stereocenters. The van der Waals surface area contributed by atoms with Gasteiger partial charge < -0.3 is 5.32 Å². The Morgan fingerprint density at radius 3 is 2.75 bits per heavy atom. The molecule has 0 aromatic heterocycles. The van der Waals surface area contributed by atoms with E-state index in [2.05, 4.69) is 40.3 Å². The number of rotatable bonds is 4. The van der Waals surface area contributed by atoms with Crippen LogP contribution in [-0.4, -0.2) is 18.2 Å². The predicted octanol–water partition coefficient (Wildman–Crippen LogP) is 3.18. The SMILES string of the molecule is Cc1ccc(Br)cc1CCNC(=O)C1CCC(=O)CC1. The fraction of sp³-hybridized carbons (Fsp3) is 0.500. The molecule has 20 heavy (non-hydrogen) atoms. The van der Waals surface area contributed by atoms with Crippen LogP contribution in [0.1, 0.15) is 36.8 Å². The molecule has 0 radical (unpaired) electrons. The highest BCUT2D eigenvalue weighted by atomic mass is 79.9. The first-order valence-corrected chi connectivity index (χ1v) is 7.90. The summed E-state index contributed by atoms with van der Waals surface area (Å²) in [5.41, 5.74) is 2.49. The van der Waals surface area contributed by atoms with E-state index in [9.17, 15) is 9.59 Å². The lowest BCUT2D eigenvalue weighted by atomic mass is 9.88. The molecule has 0 bridgehead atoms. The third kappa shape index (κ3) is 4.17. The first-order chi connectivity index (χ1) is 9.56. The summed E-state index contributed by atoms with van der Waals surface area (Å²) in [6, 6.07) is 6.20. The summed E-state index contributed by atoms with van der Waals surface area (Å²) in [4.78, 5) is 23.2. The highest BCUT2D eigenvalue weighted by molar-refractivity contribution is 9.10. The Hall–Kier alpha value is -1.16. The first kappa shape index (κ1) is 15.2. The Morgan fingerprint density at radius 2 is 2.05 bits per heavy atom. The Morgan fingerprint density at radius 1 is 1.35 bits per heavy atom. The van der Waals surface area contributed by atoms with Crippen molar-refractivity contribution in [2.24, 2.45) is 5.92 Å². The average molecular weight is 338 g/mol. The smallest absolute Gasteiger partial charge is 0.223 e. The number of ketones is 1. The number of hydrogen-bond donors (Lipinski definition) is 1. The van der Waals surface area contributed by atoms with Gasteiger partial charge in [0.05, 0.1) is 0 Å². The second-order valence-corrected chi connectivity index (χ2v) is 6.34. The lowest BCUT2D eigenvalue weighted by molar-refractivity contribution is -0.128. The second kappa shape index (κ2) is 7.02. The van der Waals surface area contributed by atoms with Crippen LogP contribution in [0.25, 0.3) is 0 Å². The highest BCUT2D eigenvalue weighted by Crippen LogP contribution is 2.21. The van der Waals surface area contributed by atoms with Gasteiger partial charge in [-0.1, -0.05) is 22.0 Å². The molecule has 0 saturated heterocycles. The molecule has 1 aromatic rings. The number of benzene rings is 1. The zero-order valence-corrected chi connectivity index (χ0v) is 13.3. The normalized spacial score (nSPS) is 16.2. The van der Waals surface area contributed by atoms with Gasteiger partial charge in [-0.15, -0.1) is 0 Å². The standard InChI is InChI=1S/C16H20BrNO2/c1-11-2-5-14(17)10-13(11)8-9-18-16(20)12-3-6-15(19)7-4-12/h2,5,10,12H,3-4,6-9H2,1H3,(H,18,20). The number of nitrogens with one attached hydrogen (secondary N) is 1. The van der Waals surface area contributed by atoms with Crippen molar-refractivity contribution >= 4 is 27.6 Å². The van der Waals surface area contributed by atoms with E-state index in [1.165, 1.54) is 11.1 Å². The van der Waals surface area contributed by atoms with Gasteiger partial charge in [-0.05, 0) is 49.4 Å². The Labute approximate surface area is 128 Å². The van der Waals surface area contributed by atoms with Crippen molar-refractivity contribution in [1.29, 1.82) is 0 Å². The van der Waals surface area contributed by atoms with Crippen LogP contribution >= 0.6 is 15.9 Å². The maximum atomic E-state index is 12.0. The quantitative estimate of drug-likeness (QED) is 0.917. The van der Waals surface area contributed by atoms with Crippen molar-refractivity contribution < 1.29 is 9.59 Å². The number of aryl methyl sites for hydroxylation is 1. The molecule has 0 aliphatic heterocycles. The van der Waals surface area contributed by atoms with Crippen LogP contribution in [0.4, 0.5) is 0 Å². The maximum absolute atomic E-state index is 12.0. The van der Waals surface area contributed by atoms with Gasteiger partial charge >= 0.3 is 0 Å². The molecule has 1 N–H and O–H groups in total. The lowest BCUT2D eigenvalue weighted by Crippen LogP contribution is -2.34. The topological polar surface area (TPSA) is 46.2 Å². The summed E-state index contributed by atoms with van der Waals surface area (Å²) in [5.74, 6) is 0.417. The van der Waals surface area contributed by atoms with E-state index < -0.39 is 0 Å². The van der Waals surface area contributed by atoms with E-state index in [1.807, 2.05) is 6.07 Å². The molecule has 0 atom stereocenters. The Bertz CT molecular complexity index is 503. The van der Waals surface area contributed by atoms with Crippen molar-refractivity contribution in [1.82, 2.24) is 5.32 Å². The summed E-state index contributed by atoms with van der Waals surface area (Å²) in [6.45, 7) is 2.73. The number of carbonyl (C=O) groups excluding carboxylic acids is 2. The maximum Gasteiger partial charge on any atom is 0.223 e. The van der Waals surface area contributed by atoms with Gasteiger partial charge in [-0.2, -0.15) is 0 Å². The number of hydrogen-bond acceptors (Lipinski definition) is 2. The van der Waals surface area contributed by atoms with Gasteiger partial charge in [-0.3, -0.25) is 9.59 Å². The lowest BCUT2D eigenvalue weighted by Gasteiger charge is -2.20. The molecule has 1 fully saturated rings. The minimum atomic E-state index is 0.0244. The molecule has 1 saturated carbocycles. The molecular formula is C16H20BrNO2.